The maximum absolute atomic E-state index is 4.32. The molecule has 0 aliphatic rings. The third kappa shape index (κ3) is 3.44. The van der Waals surface area contributed by atoms with E-state index in [0.29, 0.717) is 0 Å². The molecule has 0 amide bonds. The van der Waals surface area contributed by atoms with Crippen molar-refractivity contribution in [3.8, 4) is 0 Å². The zero-order valence-corrected chi connectivity index (χ0v) is 9.75. The fraction of sp³-hybridized carbons (Fsp3) is 0.500. The van der Waals surface area contributed by atoms with Crippen LogP contribution in [0.5, 0.6) is 0 Å². The molecule has 1 unspecified atom stereocenters. The summed E-state index contributed by atoms with van der Waals surface area (Å²) >= 11 is 0. The first-order valence-corrected chi connectivity index (χ1v) is 5.32. The minimum absolute atomic E-state index is 0.0746. The molecule has 0 bridgehead atoms. The van der Waals surface area contributed by atoms with Gasteiger partial charge in [0, 0.05) is 12.4 Å². The van der Waals surface area contributed by atoms with Gasteiger partial charge in [-0.2, -0.15) is 0 Å². The van der Waals surface area contributed by atoms with E-state index in [9.17, 15) is 0 Å². The van der Waals surface area contributed by atoms with E-state index in [4.69, 9.17) is 0 Å². The van der Waals surface area contributed by atoms with Crippen LogP contribution in [-0.4, -0.2) is 16.5 Å². The van der Waals surface area contributed by atoms with Gasteiger partial charge < -0.3 is 5.32 Å². The van der Waals surface area contributed by atoms with E-state index >= 15 is 0 Å². The Labute approximate surface area is 91.7 Å². The molecular weight excluding hydrogens is 186 g/mol. The lowest BCUT2D eigenvalue weighted by atomic mass is 10.1. The van der Waals surface area contributed by atoms with Gasteiger partial charge in [0.15, 0.2) is 0 Å². The molecule has 15 heavy (non-hydrogen) atoms. The number of rotatable bonds is 5. The van der Waals surface area contributed by atoms with Crippen molar-refractivity contribution in [1.82, 2.24) is 15.3 Å². The van der Waals surface area contributed by atoms with Crippen LogP contribution >= 0.6 is 0 Å². The summed E-state index contributed by atoms with van der Waals surface area (Å²) in [6, 6.07) is 0.0746. The zero-order valence-electron chi connectivity index (χ0n) is 9.75. The molecule has 1 heterocycles. The summed E-state index contributed by atoms with van der Waals surface area (Å²) in [6.07, 6.45) is 4.77. The summed E-state index contributed by atoms with van der Waals surface area (Å²) in [6.45, 7) is 11.0. The van der Waals surface area contributed by atoms with Gasteiger partial charge in [0.25, 0.3) is 0 Å². The lowest BCUT2D eigenvalue weighted by Gasteiger charge is -2.16. The van der Waals surface area contributed by atoms with Crippen LogP contribution < -0.4 is 5.32 Å². The number of aryl methyl sites for hydroxylation is 1. The van der Waals surface area contributed by atoms with Crippen molar-refractivity contribution in [2.45, 2.75) is 33.2 Å². The summed E-state index contributed by atoms with van der Waals surface area (Å²) in [5.41, 5.74) is 2.13. The van der Waals surface area contributed by atoms with E-state index in [0.717, 1.165) is 29.9 Å². The second-order valence-corrected chi connectivity index (χ2v) is 3.85. The highest BCUT2D eigenvalue weighted by atomic mass is 15.0. The molecular formula is C12H19N3. The zero-order chi connectivity index (χ0) is 11.3. The van der Waals surface area contributed by atoms with E-state index in [-0.39, 0.29) is 6.04 Å². The molecule has 1 aromatic heterocycles. The van der Waals surface area contributed by atoms with Crippen LogP contribution in [0.2, 0.25) is 0 Å². The van der Waals surface area contributed by atoms with Crippen molar-refractivity contribution in [3.63, 3.8) is 0 Å². The summed E-state index contributed by atoms with van der Waals surface area (Å²) < 4.78 is 0. The second-order valence-electron chi connectivity index (χ2n) is 3.85. The number of aromatic nitrogens is 2. The van der Waals surface area contributed by atoms with Crippen LogP contribution in [0, 0.1) is 6.92 Å². The van der Waals surface area contributed by atoms with Crippen molar-refractivity contribution in [2.75, 3.05) is 6.54 Å². The standard InChI is InChI=1S/C12H19N3/c1-5-6-13-11(9(2)3)12-14-7-10(4)8-15-12/h7-8,11,13H,2,5-6H2,1,3-4H3. The molecule has 0 fully saturated rings. The predicted molar refractivity (Wildman–Crippen MR) is 62.6 cm³/mol. The van der Waals surface area contributed by atoms with Crippen LogP contribution in [-0.2, 0) is 0 Å². The van der Waals surface area contributed by atoms with Crippen molar-refractivity contribution in [2.24, 2.45) is 0 Å². The highest BCUT2D eigenvalue weighted by Crippen LogP contribution is 2.15. The Morgan fingerprint density at radius 3 is 2.53 bits per heavy atom. The van der Waals surface area contributed by atoms with Crippen LogP contribution in [0.1, 0.15) is 37.7 Å². The van der Waals surface area contributed by atoms with E-state index in [2.05, 4.69) is 28.8 Å². The Hall–Kier alpha value is -1.22. The average Bonchev–Trinajstić information content (AvgIpc) is 2.21. The van der Waals surface area contributed by atoms with Gasteiger partial charge in [0.1, 0.15) is 5.82 Å². The molecule has 0 saturated carbocycles. The van der Waals surface area contributed by atoms with E-state index in [1.807, 2.05) is 26.2 Å². The van der Waals surface area contributed by atoms with Crippen LogP contribution in [0.4, 0.5) is 0 Å². The maximum atomic E-state index is 4.32. The molecule has 0 radical (unpaired) electrons. The Morgan fingerprint density at radius 1 is 1.47 bits per heavy atom. The minimum Gasteiger partial charge on any atom is -0.304 e. The van der Waals surface area contributed by atoms with E-state index in [1.54, 1.807) is 0 Å². The fourth-order valence-corrected chi connectivity index (χ4v) is 1.33. The Bertz CT molecular complexity index is 316. The van der Waals surface area contributed by atoms with Crippen molar-refractivity contribution in [1.29, 1.82) is 0 Å². The van der Waals surface area contributed by atoms with Crippen LogP contribution in [0.15, 0.2) is 24.5 Å². The lowest BCUT2D eigenvalue weighted by molar-refractivity contribution is 0.564. The number of hydrogen-bond donors (Lipinski definition) is 1. The molecule has 1 atom stereocenters. The quantitative estimate of drug-likeness (QED) is 0.750. The summed E-state index contributed by atoms with van der Waals surface area (Å²) in [7, 11) is 0. The molecule has 0 aromatic carbocycles. The highest BCUT2D eigenvalue weighted by Gasteiger charge is 2.13. The lowest BCUT2D eigenvalue weighted by Crippen LogP contribution is -2.24. The molecule has 1 rings (SSSR count). The van der Waals surface area contributed by atoms with E-state index < -0.39 is 0 Å². The third-order valence-electron chi connectivity index (χ3n) is 2.15. The molecule has 0 saturated heterocycles. The van der Waals surface area contributed by atoms with Gasteiger partial charge in [-0.1, -0.05) is 19.1 Å². The summed E-state index contributed by atoms with van der Waals surface area (Å²) in [4.78, 5) is 8.64. The van der Waals surface area contributed by atoms with Gasteiger partial charge in [0.05, 0.1) is 6.04 Å². The normalized spacial score (nSPS) is 12.5. The second kappa shape index (κ2) is 5.61. The van der Waals surface area contributed by atoms with Gasteiger partial charge >= 0.3 is 0 Å². The smallest absolute Gasteiger partial charge is 0.149 e. The molecule has 0 aliphatic heterocycles. The molecule has 0 spiro atoms. The van der Waals surface area contributed by atoms with E-state index in [1.165, 1.54) is 0 Å². The Balaban J connectivity index is 2.79. The third-order valence-corrected chi connectivity index (χ3v) is 2.15. The monoisotopic (exact) mass is 205 g/mol. The van der Waals surface area contributed by atoms with Gasteiger partial charge in [-0.05, 0) is 32.4 Å². The van der Waals surface area contributed by atoms with Gasteiger partial charge in [-0.15, -0.1) is 0 Å². The molecule has 0 aliphatic carbocycles. The molecule has 3 heteroatoms. The number of nitrogens with zero attached hydrogens (tertiary/aromatic N) is 2. The summed E-state index contributed by atoms with van der Waals surface area (Å²) in [5, 5.41) is 3.38. The number of hydrogen-bond acceptors (Lipinski definition) is 3. The van der Waals surface area contributed by atoms with Crippen molar-refractivity contribution < 1.29 is 0 Å². The highest BCUT2D eigenvalue weighted by molar-refractivity contribution is 5.14. The molecule has 1 aromatic rings. The first-order valence-electron chi connectivity index (χ1n) is 5.32. The minimum atomic E-state index is 0.0746. The van der Waals surface area contributed by atoms with Crippen LogP contribution in [0.25, 0.3) is 0 Å². The van der Waals surface area contributed by atoms with Gasteiger partial charge in [-0.25, -0.2) is 9.97 Å². The Morgan fingerprint density at radius 2 is 2.07 bits per heavy atom. The predicted octanol–water partition coefficient (Wildman–Crippen LogP) is 2.40. The molecule has 3 nitrogen and oxygen atoms in total. The SMILES string of the molecule is C=C(C)C(NCCC)c1ncc(C)cn1. The first kappa shape index (κ1) is 11.9. The Kier molecular flexibility index (Phi) is 4.43. The van der Waals surface area contributed by atoms with Crippen molar-refractivity contribution in [3.05, 3.63) is 35.9 Å². The van der Waals surface area contributed by atoms with Crippen molar-refractivity contribution >= 4 is 0 Å². The number of nitrogens with one attached hydrogen (secondary N) is 1. The average molecular weight is 205 g/mol. The topological polar surface area (TPSA) is 37.8 Å². The molecule has 1 N–H and O–H groups in total. The first-order chi connectivity index (χ1) is 7.15. The van der Waals surface area contributed by atoms with Gasteiger partial charge in [-0.3, -0.25) is 0 Å². The largest absolute Gasteiger partial charge is 0.304 e. The maximum Gasteiger partial charge on any atom is 0.149 e. The molecule has 82 valence electrons. The van der Waals surface area contributed by atoms with Gasteiger partial charge in [0.2, 0.25) is 0 Å². The van der Waals surface area contributed by atoms with Crippen LogP contribution in [0.3, 0.4) is 0 Å². The fourth-order valence-electron chi connectivity index (χ4n) is 1.33. The summed E-state index contributed by atoms with van der Waals surface area (Å²) in [5.74, 6) is 0.807.